The largest absolute Gasteiger partial charge is 0.508 e. The van der Waals surface area contributed by atoms with Crippen molar-refractivity contribution >= 4 is 12.0 Å². The van der Waals surface area contributed by atoms with E-state index >= 15 is 0 Å². The fourth-order valence-corrected chi connectivity index (χ4v) is 7.15. The van der Waals surface area contributed by atoms with Gasteiger partial charge < -0.3 is 98.9 Å². The van der Waals surface area contributed by atoms with E-state index in [0.717, 1.165) is 18.2 Å². The minimum absolute atomic E-state index is 0.00762. The topological polar surface area (TPSA) is 355 Å². The van der Waals surface area contributed by atoms with Gasteiger partial charge in [0.25, 0.3) is 0 Å². The number of aromatic hydroxyl groups is 2. The van der Waals surface area contributed by atoms with Gasteiger partial charge in [-0.1, -0.05) is 12.1 Å². The Kier molecular flexibility index (Phi) is 14.5. The van der Waals surface area contributed by atoms with Crippen LogP contribution in [0.4, 0.5) is 0 Å². The molecule has 4 heterocycles. The van der Waals surface area contributed by atoms with Gasteiger partial charge in [0, 0.05) is 23.8 Å². The van der Waals surface area contributed by atoms with Crippen LogP contribution in [0.5, 0.6) is 23.0 Å². The van der Waals surface area contributed by atoms with Crippen molar-refractivity contribution in [3.63, 3.8) is 0 Å². The standard InChI is InChI=1S/C42H46O22/c43-14-26-30(49)33(52)36(55)40(61-26)59-24-12-21(47)11-23-22(24)13-25(38(58-23)18-4-8-20(46)9-5-18)60-42-39(35(54)31(50)27(15-44)62-42)64-41-37(56)34(53)32(51)28(63-41)16-57-29(48)10-3-17-1-6-19(45)7-2-17/h1-13,26-28,30-37,39-46,49-56H,14-16H2/t26-,27-,28-,30-,31-,32-,33+,34+,35+,36-,37-,39-,40-,41+,42-/m1/s1. The lowest BCUT2D eigenvalue weighted by Crippen LogP contribution is -2.65. The maximum atomic E-state index is 12.9. The molecule has 0 spiro atoms. The highest BCUT2D eigenvalue weighted by atomic mass is 16.8. The quantitative estimate of drug-likeness (QED) is 0.0479. The number of hydrogen-bond donors (Lipinski definition) is 12. The van der Waals surface area contributed by atoms with E-state index in [1.165, 1.54) is 60.7 Å². The lowest BCUT2D eigenvalue weighted by atomic mass is 9.97. The summed E-state index contributed by atoms with van der Waals surface area (Å²) in [7, 11) is 0. The van der Waals surface area contributed by atoms with Crippen molar-refractivity contribution in [1.29, 1.82) is 0 Å². The van der Waals surface area contributed by atoms with E-state index in [2.05, 4.69) is 0 Å². The minimum Gasteiger partial charge on any atom is -0.508 e. The van der Waals surface area contributed by atoms with Crippen LogP contribution in [0.2, 0.25) is 0 Å². The molecule has 0 radical (unpaired) electrons. The molecule has 0 saturated carbocycles. The molecule has 0 amide bonds. The van der Waals surface area contributed by atoms with Crippen molar-refractivity contribution < 1.29 is 104 Å². The van der Waals surface area contributed by atoms with Gasteiger partial charge in [-0.25, -0.2) is 4.79 Å². The van der Waals surface area contributed by atoms with Gasteiger partial charge >= 0.3 is 5.97 Å². The molecule has 346 valence electrons. The normalized spacial score (nSPS) is 33.2. The van der Waals surface area contributed by atoms with Gasteiger partial charge in [0.15, 0.2) is 29.3 Å². The molecular formula is C42H46O22. The van der Waals surface area contributed by atoms with Crippen LogP contribution in [-0.2, 0) is 28.5 Å². The van der Waals surface area contributed by atoms with Gasteiger partial charge in [-0.15, -0.1) is 0 Å². The van der Waals surface area contributed by atoms with E-state index in [0.29, 0.717) is 5.56 Å². The van der Waals surface area contributed by atoms with Crippen LogP contribution < -0.4 is 14.9 Å². The van der Waals surface area contributed by atoms with Gasteiger partial charge in [0.2, 0.25) is 12.6 Å². The monoisotopic (exact) mass is 902 g/mol. The summed E-state index contributed by atoms with van der Waals surface area (Å²) in [6, 6.07) is 14.5. The first-order valence-electron chi connectivity index (χ1n) is 19.7. The van der Waals surface area contributed by atoms with Crippen LogP contribution in [0.1, 0.15) is 5.56 Å². The number of aliphatic hydroxyl groups is 10. The Morgan fingerprint density at radius 2 is 1.16 bits per heavy atom. The number of carbonyl (C=O) groups excluding carboxylic acids is 1. The van der Waals surface area contributed by atoms with Crippen molar-refractivity contribution in [2.75, 3.05) is 19.8 Å². The van der Waals surface area contributed by atoms with Crippen molar-refractivity contribution in [2.24, 2.45) is 0 Å². The zero-order chi connectivity index (χ0) is 46.0. The molecule has 1 aliphatic carbocycles. The average molecular weight is 903 g/mol. The second-order valence-corrected chi connectivity index (χ2v) is 15.1. The van der Waals surface area contributed by atoms with Crippen molar-refractivity contribution in [3.8, 4) is 45.6 Å². The molecule has 2 aromatic rings. The summed E-state index contributed by atoms with van der Waals surface area (Å²) >= 11 is 0. The number of ether oxygens (including phenoxy) is 7. The molecule has 12 N–H and O–H groups in total. The average Bonchev–Trinajstić information content (AvgIpc) is 3.28. The van der Waals surface area contributed by atoms with E-state index in [9.17, 15) is 70.9 Å². The Morgan fingerprint density at radius 3 is 1.80 bits per heavy atom. The van der Waals surface area contributed by atoms with E-state index in [4.69, 9.17) is 37.6 Å². The molecule has 22 heteroatoms. The Labute approximate surface area is 361 Å². The molecule has 0 bridgehead atoms. The number of rotatable bonds is 13. The Hall–Kier alpha value is -5.28. The lowest BCUT2D eigenvalue weighted by molar-refractivity contribution is -0.358. The SMILES string of the molecule is O=C(C=Cc1ccc(O)cc1)OC[C@H]1O[C@@H](O[C@H]2[C@H](Oc3cc4c(O[C@@H]5O[C@H](CO)[C@@H](O)[C@H](O)[C@H]5O)cc(=O)cc-4oc3-c3ccc(O)cc3)O[C@H](CO)[C@@H](O)[C@@H]2O)[C@H](O)[C@@H](O)[C@@H]1O. The Balaban J connectivity index is 1.19. The number of phenols is 2. The molecule has 0 unspecified atom stereocenters. The number of aliphatic hydroxyl groups excluding tert-OH is 10. The highest BCUT2D eigenvalue weighted by molar-refractivity contribution is 5.87. The third-order valence-electron chi connectivity index (χ3n) is 10.7. The van der Waals surface area contributed by atoms with Gasteiger partial charge in [0.05, 0.1) is 18.8 Å². The summed E-state index contributed by atoms with van der Waals surface area (Å²) in [6.45, 7) is -2.34. The maximum Gasteiger partial charge on any atom is 0.330 e. The summed E-state index contributed by atoms with van der Waals surface area (Å²) in [6.07, 6.45) is -24.7. The number of fused-ring (bicyclic) bond motifs is 1. The lowest BCUT2D eigenvalue weighted by Gasteiger charge is -2.46. The van der Waals surface area contributed by atoms with Crippen LogP contribution in [-0.4, -0.2) is 179 Å². The van der Waals surface area contributed by atoms with Crippen molar-refractivity contribution in [2.45, 2.75) is 92.1 Å². The molecule has 7 rings (SSSR count). The van der Waals surface area contributed by atoms with Gasteiger partial charge in [-0.05, 0) is 54.1 Å². The van der Waals surface area contributed by atoms with E-state index in [-0.39, 0.29) is 45.6 Å². The maximum absolute atomic E-state index is 12.9. The fraction of sp³-hybridized carbons (Fsp3) is 0.429. The molecule has 22 nitrogen and oxygen atoms in total. The molecule has 2 aromatic carbocycles. The van der Waals surface area contributed by atoms with Crippen LogP contribution in [0, 0.1) is 0 Å². The summed E-state index contributed by atoms with van der Waals surface area (Å²) in [5.41, 5.74) is 0.0241. The predicted molar refractivity (Wildman–Crippen MR) is 211 cm³/mol. The van der Waals surface area contributed by atoms with E-state index in [1.807, 2.05) is 0 Å². The number of hydrogen-bond acceptors (Lipinski definition) is 22. The Bertz CT molecular complexity index is 2250. The first-order valence-corrected chi connectivity index (χ1v) is 19.7. The molecule has 3 saturated heterocycles. The summed E-state index contributed by atoms with van der Waals surface area (Å²) in [5.74, 6) is -1.97. The van der Waals surface area contributed by atoms with Gasteiger partial charge in [-0.2, -0.15) is 0 Å². The third-order valence-corrected chi connectivity index (χ3v) is 10.7. The van der Waals surface area contributed by atoms with Gasteiger partial charge in [-0.3, -0.25) is 4.79 Å². The second-order valence-electron chi connectivity index (χ2n) is 15.1. The highest BCUT2D eigenvalue weighted by Crippen LogP contribution is 2.43. The van der Waals surface area contributed by atoms with Crippen LogP contribution >= 0.6 is 0 Å². The van der Waals surface area contributed by atoms with Crippen molar-refractivity contribution in [1.82, 2.24) is 0 Å². The van der Waals surface area contributed by atoms with Crippen LogP contribution in [0.25, 0.3) is 28.7 Å². The number of phenolic OH excluding ortho intramolecular Hbond substituents is 2. The van der Waals surface area contributed by atoms with Crippen molar-refractivity contribution in [3.05, 3.63) is 88.6 Å². The molecule has 3 fully saturated rings. The molecule has 0 aromatic heterocycles. The number of carbonyl (C=O) groups is 1. The highest BCUT2D eigenvalue weighted by Gasteiger charge is 2.52. The molecule has 64 heavy (non-hydrogen) atoms. The predicted octanol–water partition coefficient (Wildman–Crippen LogP) is -2.73. The van der Waals surface area contributed by atoms with Crippen LogP contribution in [0.3, 0.4) is 0 Å². The second kappa shape index (κ2) is 19.9. The van der Waals surface area contributed by atoms with Crippen LogP contribution in [0.15, 0.2) is 82.0 Å². The fourth-order valence-electron chi connectivity index (χ4n) is 7.15. The minimum atomic E-state index is -2.04. The van der Waals surface area contributed by atoms with E-state index in [1.54, 1.807) is 0 Å². The molecular weight excluding hydrogens is 856 g/mol. The first kappa shape index (κ1) is 46.7. The zero-order valence-electron chi connectivity index (χ0n) is 33.2. The third kappa shape index (κ3) is 10.00. The molecule has 5 aliphatic rings. The number of benzene rings is 3. The molecule has 4 aliphatic heterocycles. The number of esters is 1. The van der Waals surface area contributed by atoms with Gasteiger partial charge in [0.1, 0.15) is 96.8 Å². The smallest absolute Gasteiger partial charge is 0.330 e. The summed E-state index contributed by atoms with van der Waals surface area (Å²) in [4.78, 5) is 25.5. The first-order chi connectivity index (χ1) is 30.6. The molecule has 15 atom stereocenters. The zero-order valence-corrected chi connectivity index (χ0v) is 33.2. The summed E-state index contributed by atoms with van der Waals surface area (Å²) < 4.78 is 46.4. The summed E-state index contributed by atoms with van der Waals surface area (Å²) in [5, 5.41) is 125. The van der Waals surface area contributed by atoms with E-state index < -0.39 is 123 Å². The Morgan fingerprint density at radius 1 is 0.609 bits per heavy atom.